The van der Waals surface area contributed by atoms with Crippen LogP contribution < -0.4 is 5.73 Å². The number of anilines is 1. The third-order valence-corrected chi connectivity index (χ3v) is 5.67. The Bertz CT molecular complexity index is 708. The van der Waals surface area contributed by atoms with Crippen molar-refractivity contribution in [2.24, 2.45) is 0 Å². The van der Waals surface area contributed by atoms with Gasteiger partial charge in [-0.25, -0.2) is 4.39 Å². The molecule has 2 rings (SSSR count). The molecule has 2 N–H and O–H groups in total. The van der Waals surface area contributed by atoms with Crippen LogP contribution in [0.2, 0.25) is 5.02 Å². The SMILES string of the molecule is CC(=O)SCC(=Cc1cc(F)c(N)cc1Cl)B1OC(C)(C)C(C)(C)O1. The Morgan fingerprint density at radius 2 is 1.88 bits per heavy atom. The van der Waals surface area contributed by atoms with E-state index < -0.39 is 24.1 Å². The number of hydrogen-bond donors (Lipinski definition) is 1. The average Bonchev–Trinajstić information content (AvgIpc) is 2.68. The molecule has 0 aliphatic carbocycles. The van der Waals surface area contributed by atoms with Gasteiger partial charge in [-0.15, -0.1) is 0 Å². The zero-order valence-electron chi connectivity index (χ0n) is 15.0. The van der Waals surface area contributed by atoms with E-state index in [1.165, 1.54) is 19.1 Å². The molecule has 1 fully saturated rings. The highest BCUT2D eigenvalue weighted by molar-refractivity contribution is 8.13. The molecule has 1 heterocycles. The monoisotopic (exact) mass is 385 g/mol. The zero-order chi connectivity index (χ0) is 19.0. The zero-order valence-corrected chi connectivity index (χ0v) is 16.6. The van der Waals surface area contributed by atoms with E-state index in [4.69, 9.17) is 26.6 Å². The molecule has 25 heavy (non-hydrogen) atoms. The molecule has 1 aromatic carbocycles. The van der Waals surface area contributed by atoms with E-state index >= 15 is 0 Å². The number of rotatable bonds is 4. The largest absolute Gasteiger partial charge is 0.491 e. The van der Waals surface area contributed by atoms with E-state index in [9.17, 15) is 9.18 Å². The molecule has 1 aliphatic heterocycles. The van der Waals surface area contributed by atoms with Crippen molar-refractivity contribution in [3.63, 3.8) is 0 Å². The number of thioether (sulfide) groups is 1. The summed E-state index contributed by atoms with van der Waals surface area (Å²) < 4.78 is 25.9. The number of carbonyl (C=O) groups is 1. The molecule has 8 heteroatoms. The topological polar surface area (TPSA) is 61.6 Å². The van der Waals surface area contributed by atoms with Crippen molar-refractivity contribution >= 4 is 47.4 Å². The smallest absolute Gasteiger partial charge is 0.400 e. The first-order chi connectivity index (χ1) is 11.4. The van der Waals surface area contributed by atoms with Crippen LogP contribution in [0.5, 0.6) is 0 Å². The first kappa shape index (κ1) is 20.3. The molecular weight excluding hydrogens is 364 g/mol. The van der Waals surface area contributed by atoms with Gasteiger partial charge < -0.3 is 15.0 Å². The summed E-state index contributed by atoms with van der Waals surface area (Å²) in [6, 6.07) is 2.63. The van der Waals surface area contributed by atoms with Gasteiger partial charge in [0.2, 0.25) is 0 Å². The van der Waals surface area contributed by atoms with Gasteiger partial charge in [-0.2, -0.15) is 0 Å². The van der Waals surface area contributed by atoms with Crippen LogP contribution in [0.4, 0.5) is 10.1 Å². The van der Waals surface area contributed by atoms with Gasteiger partial charge in [-0.05, 0) is 50.9 Å². The third kappa shape index (κ3) is 4.59. The van der Waals surface area contributed by atoms with E-state index in [1.54, 1.807) is 6.08 Å². The summed E-state index contributed by atoms with van der Waals surface area (Å²) in [5.41, 5.74) is 5.64. The van der Waals surface area contributed by atoms with Crippen LogP contribution in [0.15, 0.2) is 17.6 Å². The van der Waals surface area contributed by atoms with Gasteiger partial charge in [0.25, 0.3) is 0 Å². The average molecular weight is 386 g/mol. The van der Waals surface area contributed by atoms with Crippen molar-refractivity contribution in [3.05, 3.63) is 34.0 Å². The number of hydrogen-bond acceptors (Lipinski definition) is 5. The van der Waals surface area contributed by atoms with Crippen molar-refractivity contribution < 1.29 is 18.5 Å². The Balaban J connectivity index is 2.40. The maximum Gasteiger partial charge on any atom is 0.491 e. The summed E-state index contributed by atoms with van der Waals surface area (Å²) in [7, 11) is -0.645. The molecule has 0 radical (unpaired) electrons. The molecule has 0 spiro atoms. The highest BCUT2D eigenvalue weighted by atomic mass is 35.5. The molecule has 0 unspecified atom stereocenters. The summed E-state index contributed by atoms with van der Waals surface area (Å²) in [6.45, 7) is 9.26. The van der Waals surface area contributed by atoms with Gasteiger partial charge in [-0.3, -0.25) is 4.79 Å². The summed E-state index contributed by atoms with van der Waals surface area (Å²) in [4.78, 5) is 11.4. The Hall–Kier alpha value is -1.02. The minimum atomic E-state index is -0.645. The van der Waals surface area contributed by atoms with Crippen LogP contribution in [0, 0.1) is 5.82 Å². The number of carbonyl (C=O) groups excluding carboxylic acids is 1. The van der Waals surface area contributed by atoms with Crippen LogP contribution in [0.25, 0.3) is 6.08 Å². The quantitative estimate of drug-likeness (QED) is 0.616. The molecule has 0 atom stereocenters. The molecule has 0 aromatic heterocycles. The fourth-order valence-electron chi connectivity index (χ4n) is 2.25. The number of benzene rings is 1. The van der Waals surface area contributed by atoms with Gasteiger partial charge in [0.1, 0.15) is 5.82 Å². The standard InChI is InChI=1S/C17H22BClFNO3S/c1-10(22)25-9-12(18-23-16(2,3)17(4,5)24-18)6-11-7-14(20)15(21)8-13(11)19/h6-8H,9,21H2,1-5H3. The predicted octanol–water partition coefficient (Wildman–Crippen LogP) is 4.36. The van der Waals surface area contributed by atoms with Crippen LogP contribution in [0.3, 0.4) is 0 Å². The molecule has 0 amide bonds. The van der Waals surface area contributed by atoms with Gasteiger partial charge in [-0.1, -0.05) is 29.4 Å². The van der Waals surface area contributed by atoms with E-state index in [0.717, 1.165) is 11.8 Å². The molecule has 0 saturated carbocycles. The second-order valence-corrected chi connectivity index (χ2v) is 8.54. The molecule has 136 valence electrons. The van der Waals surface area contributed by atoms with E-state index in [2.05, 4.69) is 0 Å². The lowest BCUT2D eigenvalue weighted by Gasteiger charge is -2.32. The molecular formula is C17H22BClFNO3S. The Labute approximate surface area is 157 Å². The van der Waals surface area contributed by atoms with Crippen molar-refractivity contribution in [2.45, 2.75) is 45.8 Å². The highest BCUT2D eigenvalue weighted by Gasteiger charge is 2.52. The molecule has 1 aliphatic rings. The lowest BCUT2D eigenvalue weighted by molar-refractivity contribution is -0.109. The second kappa shape index (κ2) is 7.31. The van der Waals surface area contributed by atoms with Crippen LogP contribution in [0.1, 0.15) is 40.2 Å². The first-order valence-electron chi connectivity index (χ1n) is 7.87. The van der Waals surface area contributed by atoms with Crippen molar-refractivity contribution in [2.75, 3.05) is 11.5 Å². The number of nitrogens with two attached hydrogens (primary N) is 1. The first-order valence-corrected chi connectivity index (χ1v) is 9.23. The van der Waals surface area contributed by atoms with Gasteiger partial charge in [0.15, 0.2) is 5.12 Å². The van der Waals surface area contributed by atoms with Crippen LogP contribution in [-0.2, 0) is 14.1 Å². The molecule has 1 aromatic rings. The lowest BCUT2D eigenvalue weighted by Crippen LogP contribution is -2.41. The second-order valence-electron chi connectivity index (χ2n) is 6.98. The van der Waals surface area contributed by atoms with Crippen molar-refractivity contribution in [3.8, 4) is 0 Å². The van der Waals surface area contributed by atoms with Gasteiger partial charge in [0.05, 0.1) is 21.9 Å². The predicted molar refractivity (Wildman–Crippen MR) is 103 cm³/mol. The summed E-state index contributed by atoms with van der Waals surface area (Å²) in [5.74, 6) is -0.197. The minimum Gasteiger partial charge on any atom is -0.400 e. The molecule has 4 nitrogen and oxygen atoms in total. The lowest BCUT2D eigenvalue weighted by atomic mass is 9.78. The number of nitrogen functional groups attached to an aromatic ring is 1. The fraction of sp³-hybridized carbons (Fsp3) is 0.471. The summed E-state index contributed by atoms with van der Waals surface area (Å²) in [5, 5.41) is 0.290. The highest BCUT2D eigenvalue weighted by Crippen LogP contribution is 2.39. The van der Waals surface area contributed by atoms with Gasteiger partial charge >= 0.3 is 7.12 Å². The maximum absolute atomic E-state index is 13.8. The van der Waals surface area contributed by atoms with Crippen LogP contribution in [-0.4, -0.2) is 29.2 Å². The molecule has 0 bridgehead atoms. The Morgan fingerprint density at radius 3 is 2.40 bits per heavy atom. The Kier molecular flexibility index (Phi) is 5.94. The van der Waals surface area contributed by atoms with Crippen molar-refractivity contribution in [1.82, 2.24) is 0 Å². The van der Waals surface area contributed by atoms with E-state index in [-0.39, 0.29) is 10.8 Å². The third-order valence-electron chi connectivity index (χ3n) is 4.45. The normalized spacial score (nSPS) is 19.3. The van der Waals surface area contributed by atoms with Gasteiger partial charge in [0, 0.05) is 12.7 Å². The fourth-order valence-corrected chi connectivity index (χ4v) is 3.06. The van der Waals surface area contributed by atoms with Crippen molar-refractivity contribution in [1.29, 1.82) is 0 Å². The maximum atomic E-state index is 13.8. The van der Waals surface area contributed by atoms with Crippen LogP contribution >= 0.6 is 23.4 Å². The Morgan fingerprint density at radius 1 is 1.32 bits per heavy atom. The summed E-state index contributed by atoms with van der Waals surface area (Å²) in [6.07, 6.45) is 1.70. The summed E-state index contributed by atoms with van der Waals surface area (Å²) >= 11 is 7.31. The number of halogens is 2. The minimum absolute atomic E-state index is 0.0163. The molecule has 1 saturated heterocycles. The van der Waals surface area contributed by atoms with E-state index in [0.29, 0.717) is 21.8 Å². The van der Waals surface area contributed by atoms with E-state index in [1.807, 2.05) is 27.7 Å².